The highest BCUT2D eigenvalue weighted by molar-refractivity contribution is 7.47. The molecule has 0 rings (SSSR count). The highest BCUT2D eigenvalue weighted by atomic mass is 31.2. The van der Waals surface area contributed by atoms with Crippen LogP contribution in [0.25, 0.3) is 0 Å². The molecule has 0 amide bonds. The number of hydrogen-bond acceptors (Lipinski definition) is 8. The van der Waals surface area contributed by atoms with Crippen molar-refractivity contribution in [3.8, 4) is 0 Å². The summed E-state index contributed by atoms with van der Waals surface area (Å²) in [5.41, 5.74) is 5.36. The van der Waals surface area contributed by atoms with Gasteiger partial charge in [-0.2, -0.15) is 0 Å². The molecule has 0 aliphatic carbocycles. The molecule has 0 aromatic carbocycles. The van der Waals surface area contributed by atoms with Gasteiger partial charge in [0, 0.05) is 19.4 Å². The van der Waals surface area contributed by atoms with E-state index in [9.17, 15) is 19.0 Å². The minimum Gasteiger partial charge on any atom is -0.462 e. The Balaban J connectivity index is 3.96. The van der Waals surface area contributed by atoms with Gasteiger partial charge in [-0.15, -0.1) is 0 Å². The summed E-state index contributed by atoms with van der Waals surface area (Å²) in [5.74, 6) is -0.823. The van der Waals surface area contributed by atoms with E-state index < -0.39 is 26.5 Å². The zero-order valence-electron chi connectivity index (χ0n) is 39.5. The number of allylic oxidation sites excluding steroid dienone is 2. The van der Waals surface area contributed by atoms with E-state index in [1.165, 1.54) is 180 Å². The lowest BCUT2D eigenvalue weighted by atomic mass is 10.0. The van der Waals surface area contributed by atoms with Gasteiger partial charge in [0.15, 0.2) is 6.10 Å². The molecular formula is C50H98NO8P. The van der Waals surface area contributed by atoms with Crippen LogP contribution in [-0.4, -0.2) is 49.3 Å². The van der Waals surface area contributed by atoms with Gasteiger partial charge >= 0.3 is 19.8 Å². The van der Waals surface area contributed by atoms with E-state index in [4.69, 9.17) is 24.3 Å². The second kappa shape index (κ2) is 47.2. The van der Waals surface area contributed by atoms with E-state index in [0.29, 0.717) is 6.42 Å². The van der Waals surface area contributed by atoms with Crippen LogP contribution in [0.2, 0.25) is 0 Å². The third-order valence-corrected chi connectivity index (χ3v) is 12.4. The summed E-state index contributed by atoms with van der Waals surface area (Å²) in [6.45, 7) is 3.77. The Bertz CT molecular complexity index is 995. The summed E-state index contributed by atoms with van der Waals surface area (Å²) < 4.78 is 32.9. The summed E-state index contributed by atoms with van der Waals surface area (Å²) >= 11 is 0. The fourth-order valence-corrected chi connectivity index (χ4v) is 8.34. The summed E-state index contributed by atoms with van der Waals surface area (Å²) in [4.78, 5) is 35.0. The van der Waals surface area contributed by atoms with E-state index in [1.54, 1.807) is 0 Å². The van der Waals surface area contributed by atoms with Crippen molar-refractivity contribution in [3.63, 3.8) is 0 Å². The summed E-state index contributed by atoms with van der Waals surface area (Å²) in [5, 5.41) is 0. The fraction of sp³-hybridized carbons (Fsp3) is 0.920. The van der Waals surface area contributed by atoms with Crippen LogP contribution < -0.4 is 5.73 Å². The lowest BCUT2D eigenvalue weighted by Gasteiger charge is -2.19. The normalized spacial score (nSPS) is 13.2. The summed E-state index contributed by atoms with van der Waals surface area (Å²) in [7, 11) is -4.38. The van der Waals surface area contributed by atoms with Crippen LogP contribution in [0.15, 0.2) is 12.2 Å². The Hall–Kier alpha value is -1.25. The molecule has 0 radical (unpaired) electrons. The molecule has 0 heterocycles. The van der Waals surface area contributed by atoms with Gasteiger partial charge < -0.3 is 20.1 Å². The Morgan fingerprint density at radius 3 is 1.18 bits per heavy atom. The zero-order valence-corrected chi connectivity index (χ0v) is 40.4. The number of phosphoric ester groups is 1. The van der Waals surface area contributed by atoms with Gasteiger partial charge in [0.25, 0.3) is 0 Å². The predicted octanol–water partition coefficient (Wildman–Crippen LogP) is 15.3. The summed E-state index contributed by atoms with van der Waals surface area (Å²) in [6.07, 6.45) is 51.1. The van der Waals surface area contributed by atoms with Gasteiger partial charge in [-0.05, 0) is 38.5 Å². The van der Waals surface area contributed by atoms with Gasteiger partial charge in [0.1, 0.15) is 6.61 Å². The van der Waals surface area contributed by atoms with Crippen LogP contribution in [0.4, 0.5) is 0 Å². The molecule has 0 aromatic heterocycles. The molecule has 10 heteroatoms. The Morgan fingerprint density at radius 2 is 0.817 bits per heavy atom. The average Bonchev–Trinajstić information content (AvgIpc) is 3.24. The number of nitrogens with two attached hydrogens (primary N) is 1. The second-order valence-electron chi connectivity index (χ2n) is 17.4. The second-order valence-corrected chi connectivity index (χ2v) is 18.9. The molecule has 0 bridgehead atoms. The molecule has 0 aliphatic heterocycles. The number of phosphoric acid groups is 1. The number of rotatable bonds is 49. The van der Waals surface area contributed by atoms with E-state index in [0.717, 1.165) is 51.4 Å². The molecule has 356 valence electrons. The Kier molecular flexibility index (Phi) is 46.3. The average molecular weight is 872 g/mol. The molecule has 0 saturated heterocycles. The van der Waals surface area contributed by atoms with Gasteiger partial charge in [-0.1, -0.05) is 225 Å². The first-order valence-electron chi connectivity index (χ1n) is 25.7. The van der Waals surface area contributed by atoms with Crippen molar-refractivity contribution in [2.75, 3.05) is 26.4 Å². The van der Waals surface area contributed by atoms with Crippen LogP contribution in [0.5, 0.6) is 0 Å². The first-order chi connectivity index (χ1) is 29.3. The number of esters is 2. The SMILES string of the molecule is CCCCCCCC/C=C\CCCCCCCC(=O)OC(COC(=O)CCCCCCCCCCCCCCCCCCCCCCCCCC)COP(=O)(O)OCCN. The molecule has 0 fully saturated rings. The number of unbranched alkanes of at least 4 members (excludes halogenated alkanes) is 34. The maximum absolute atomic E-state index is 12.6. The van der Waals surface area contributed by atoms with Gasteiger partial charge in [0.2, 0.25) is 0 Å². The van der Waals surface area contributed by atoms with Crippen LogP contribution in [0, 0.1) is 0 Å². The number of ether oxygens (including phenoxy) is 2. The minimum atomic E-state index is -4.38. The first-order valence-corrected chi connectivity index (χ1v) is 27.2. The monoisotopic (exact) mass is 872 g/mol. The third kappa shape index (κ3) is 46.3. The highest BCUT2D eigenvalue weighted by Crippen LogP contribution is 2.43. The minimum absolute atomic E-state index is 0.0551. The smallest absolute Gasteiger partial charge is 0.462 e. The van der Waals surface area contributed by atoms with Crippen molar-refractivity contribution in [2.24, 2.45) is 5.73 Å². The van der Waals surface area contributed by atoms with Gasteiger partial charge in [0.05, 0.1) is 13.2 Å². The third-order valence-electron chi connectivity index (χ3n) is 11.4. The van der Waals surface area contributed by atoms with Crippen LogP contribution in [0.1, 0.15) is 264 Å². The number of carbonyl (C=O) groups is 2. The Labute approximate surface area is 370 Å². The molecule has 9 nitrogen and oxygen atoms in total. The predicted molar refractivity (Wildman–Crippen MR) is 252 cm³/mol. The molecule has 0 aliphatic rings. The molecule has 3 N–H and O–H groups in total. The molecule has 60 heavy (non-hydrogen) atoms. The van der Waals surface area contributed by atoms with E-state index in [1.807, 2.05) is 0 Å². The van der Waals surface area contributed by atoms with Crippen molar-refractivity contribution in [1.29, 1.82) is 0 Å². The van der Waals surface area contributed by atoms with E-state index in [2.05, 4.69) is 26.0 Å². The topological polar surface area (TPSA) is 134 Å². The van der Waals surface area contributed by atoms with E-state index in [-0.39, 0.29) is 38.6 Å². The Morgan fingerprint density at radius 1 is 0.483 bits per heavy atom. The molecule has 2 unspecified atom stereocenters. The lowest BCUT2D eigenvalue weighted by molar-refractivity contribution is -0.161. The van der Waals surface area contributed by atoms with Gasteiger partial charge in [-0.25, -0.2) is 4.57 Å². The van der Waals surface area contributed by atoms with Gasteiger partial charge in [-0.3, -0.25) is 18.6 Å². The summed E-state index contributed by atoms with van der Waals surface area (Å²) in [6, 6.07) is 0. The quantitative estimate of drug-likeness (QED) is 0.0265. The van der Waals surface area contributed by atoms with Crippen LogP contribution >= 0.6 is 7.82 Å². The molecular weight excluding hydrogens is 774 g/mol. The fourth-order valence-electron chi connectivity index (χ4n) is 7.57. The lowest BCUT2D eigenvalue weighted by Crippen LogP contribution is -2.29. The molecule has 2 atom stereocenters. The van der Waals surface area contributed by atoms with E-state index >= 15 is 0 Å². The molecule has 0 spiro atoms. The maximum atomic E-state index is 12.6. The van der Waals surface area contributed by atoms with Crippen molar-refractivity contribution in [3.05, 3.63) is 12.2 Å². The van der Waals surface area contributed by atoms with Crippen molar-refractivity contribution in [1.82, 2.24) is 0 Å². The number of hydrogen-bond donors (Lipinski definition) is 2. The maximum Gasteiger partial charge on any atom is 0.472 e. The first kappa shape index (κ1) is 58.8. The highest BCUT2D eigenvalue weighted by Gasteiger charge is 2.26. The molecule has 0 aromatic rings. The van der Waals surface area contributed by atoms with Crippen molar-refractivity contribution < 1.29 is 37.6 Å². The van der Waals surface area contributed by atoms with Crippen molar-refractivity contribution in [2.45, 2.75) is 270 Å². The van der Waals surface area contributed by atoms with Crippen molar-refractivity contribution >= 4 is 19.8 Å². The van der Waals surface area contributed by atoms with Crippen LogP contribution in [0.3, 0.4) is 0 Å². The standard InChI is InChI=1S/C50H98NO8P/c1-3-5-7-9-11-13-15-17-19-20-21-22-23-24-25-26-27-29-30-32-34-36-38-40-42-49(52)56-46-48(47-58-60(54,55)57-45-44-51)59-50(53)43-41-39-37-35-33-31-28-18-16-14-12-10-8-6-4-2/h18,28,48H,3-17,19-27,29-47,51H2,1-2H3,(H,54,55)/b28-18-. The van der Waals surface area contributed by atoms with Crippen LogP contribution in [-0.2, 0) is 32.7 Å². The number of carbonyl (C=O) groups excluding carboxylic acids is 2. The zero-order chi connectivity index (χ0) is 43.9. The largest absolute Gasteiger partial charge is 0.472 e. The molecule has 0 saturated carbocycles.